The summed E-state index contributed by atoms with van der Waals surface area (Å²) in [6.45, 7) is 0. The van der Waals surface area contributed by atoms with E-state index < -0.39 is 0 Å². The Morgan fingerprint density at radius 3 is 3.18 bits per heavy atom. The average Bonchev–Trinajstić information content (AvgIpc) is 2.84. The van der Waals surface area contributed by atoms with E-state index in [9.17, 15) is 0 Å². The molecular formula is C13H8BrN3. The first kappa shape index (κ1) is 9.36. The van der Waals surface area contributed by atoms with Crippen molar-refractivity contribution >= 4 is 21.7 Å². The highest BCUT2D eigenvalue weighted by Gasteiger charge is 2.24. The number of nitrogens with zero attached hydrogens (tertiary/aromatic N) is 3. The van der Waals surface area contributed by atoms with E-state index in [1.807, 2.05) is 12.3 Å². The first-order chi connectivity index (χ1) is 8.33. The first-order valence-electron chi connectivity index (χ1n) is 5.44. The molecule has 82 valence electrons. The number of aromatic nitrogens is 3. The lowest BCUT2D eigenvalue weighted by atomic mass is 10.1. The molecule has 4 rings (SSSR count). The van der Waals surface area contributed by atoms with E-state index in [-0.39, 0.29) is 0 Å². The van der Waals surface area contributed by atoms with Crippen molar-refractivity contribution in [3.63, 3.8) is 0 Å². The summed E-state index contributed by atoms with van der Waals surface area (Å²) in [4.78, 5) is 8.88. The fourth-order valence-corrected chi connectivity index (χ4v) is 2.85. The number of fused-ring (bicyclic) bond motifs is 5. The van der Waals surface area contributed by atoms with Crippen LogP contribution in [0.5, 0.6) is 0 Å². The zero-order chi connectivity index (χ0) is 11.4. The standard InChI is InChI=1S/C13H8BrN3/c14-9-2-3-10-8(6-9)7-11-12(10)16-13-15-4-1-5-17(11)13/h1-6H,7H2. The van der Waals surface area contributed by atoms with Crippen LogP contribution in [0.3, 0.4) is 0 Å². The van der Waals surface area contributed by atoms with Crippen LogP contribution in [0.4, 0.5) is 0 Å². The molecule has 1 aromatic carbocycles. The van der Waals surface area contributed by atoms with Gasteiger partial charge in [-0.05, 0) is 23.8 Å². The predicted molar refractivity (Wildman–Crippen MR) is 68.9 cm³/mol. The van der Waals surface area contributed by atoms with Crippen molar-refractivity contribution in [1.29, 1.82) is 0 Å². The molecule has 1 aliphatic rings. The number of benzene rings is 1. The Morgan fingerprint density at radius 2 is 2.24 bits per heavy atom. The summed E-state index contributed by atoms with van der Waals surface area (Å²) < 4.78 is 3.19. The molecule has 17 heavy (non-hydrogen) atoms. The van der Waals surface area contributed by atoms with Crippen molar-refractivity contribution in [1.82, 2.24) is 14.4 Å². The third kappa shape index (κ3) is 1.21. The Hall–Kier alpha value is -1.68. The van der Waals surface area contributed by atoms with Gasteiger partial charge in [0.25, 0.3) is 0 Å². The number of rotatable bonds is 0. The van der Waals surface area contributed by atoms with Gasteiger partial charge in [-0.3, -0.25) is 4.40 Å². The summed E-state index contributed by atoms with van der Waals surface area (Å²) in [6.07, 6.45) is 4.73. The number of imidazole rings is 1. The zero-order valence-electron chi connectivity index (χ0n) is 8.89. The maximum Gasteiger partial charge on any atom is 0.234 e. The van der Waals surface area contributed by atoms with E-state index in [0.717, 1.165) is 22.4 Å². The topological polar surface area (TPSA) is 30.2 Å². The molecule has 0 spiro atoms. The third-order valence-electron chi connectivity index (χ3n) is 3.18. The lowest BCUT2D eigenvalue weighted by Crippen LogP contribution is -1.92. The molecule has 0 aliphatic heterocycles. The molecule has 3 nitrogen and oxygen atoms in total. The summed E-state index contributed by atoms with van der Waals surface area (Å²) in [5.74, 6) is 0.783. The van der Waals surface area contributed by atoms with Crippen LogP contribution in [0, 0.1) is 0 Å². The minimum absolute atomic E-state index is 0.783. The van der Waals surface area contributed by atoms with Gasteiger partial charge in [0, 0.05) is 28.9 Å². The molecule has 2 aromatic heterocycles. The second-order valence-electron chi connectivity index (χ2n) is 4.18. The highest BCUT2D eigenvalue weighted by Crippen LogP contribution is 2.37. The van der Waals surface area contributed by atoms with Crippen molar-refractivity contribution in [2.24, 2.45) is 0 Å². The second-order valence-corrected chi connectivity index (χ2v) is 5.09. The molecule has 0 saturated heterocycles. The summed E-state index contributed by atoms with van der Waals surface area (Å²) in [5, 5.41) is 0. The average molecular weight is 286 g/mol. The zero-order valence-corrected chi connectivity index (χ0v) is 10.5. The van der Waals surface area contributed by atoms with Gasteiger partial charge in [0.2, 0.25) is 5.78 Å². The fourth-order valence-electron chi connectivity index (χ4n) is 2.44. The molecule has 0 saturated carbocycles. The summed E-state index contributed by atoms with van der Waals surface area (Å²) >= 11 is 3.51. The van der Waals surface area contributed by atoms with E-state index in [1.165, 1.54) is 16.8 Å². The van der Waals surface area contributed by atoms with Crippen LogP contribution in [0.25, 0.3) is 17.0 Å². The first-order valence-corrected chi connectivity index (χ1v) is 6.23. The van der Waals surface area contributed by atoms with Crippen molar-refractivity contribution < 1.29 is 0 Å². The van der Waals surface area contributed by atoms with Gasteiger partial charge >= 0.3 is 0 Å². The van der Waals surface area contributed by atoms with Gasteiger partial charge < -0.3 is 0 Å². The highest BCUT2D eigenvalue weighted by molar-refractivity contribution is 9.10. The Labute approximate surface area is 106 Å². The van der Waals surface area contributed by atoms with Crippen molar-refractivity contribution in [3.05, 3.63) is 52.4 Å². The van der Waals surface area contributed by atoms with Crippen molar-refractivity contribution in [2.75, 3.05) is 0 Å². The molecule has 0 amide bonds. The van der Waals surface area contributed by atoms with E-state index >= 15 is 0 Å². The van der Waals surface area contributed by atoms with Gasteiger partial charge in [0.05, 0.1) is 11.4 Å². The third-order valence-corrected chi connectivity index (χ3v) is 3.68. The maximum atomic E-state index is 4.60. The highest BCUT2D eigenvalue weighted by atomic mass is 79.9. The van der Waals surface area contributed by atoms with Crippen molar-refractivity contribution in [3.8, 4) is 11.3 Å². The summed E-state index contributed by atoms with van der Waals surface area (Å²) in [7, 11) is 0. The van der Waals surface area contributed by atoms with E-state index in [4.69, 9.17) is 0 Å². The van der Waals surface area contributed by atoms with Gasteiger partial charge in [-0.15, -0.1) is 0 Å². The monoisotopic (exact) mass is 285 g/mol. The molecular weight excluding hydrogens is 278 g/mol. The molecule has 0 atom stereocenters. The smallest absolute Gasteiger partial charge is 0.234 e. The molecule has 3 aromatic rings. The van der Waals surface area contributed by atoms with Crippen LogP contribution < -0.4 is 0 Å². The lowest BCUT2D eigenvalue weighted by Gasteiger charge is -1.99. The van der Waals surface area contributed by atoms with Crippen LogP contribution in [-0.4, -0.2) is 14.4 Å². The van der Waals surface area contributed by atoms with E-state index in [1.54, 1.807) is 6.20 Å². The van der Waals surface area contributed by atoms with Gasteiger partial charge in [-0.25, -0.2) is 9.97 Å². The quantitative estimate of drug-likeness (QED) is 0.497. The molecule has 0 unspecified atom stereocenters. The van der Waals surface area contributed by atoms with E-state index in [0.29, 0.717) is 0 Å². The molecule has 0 fully saturated rings. The van der Waals surface area contributed by atoms with E-state index in [2.05, 4.69) is 48.5 Å². The van der Waals surface area contributed by atoms with Crippen LogP contribution in [0.2, 0.25) is 0 Å². The Kier molecular flexibility index (Phi) is 1.74. The minimum Gasteiger partial charge on any atom is -0.287 e. The second kappa shape index (κ2) is 3.17. The largest absolute Gasteiger partial charge is 0.287 e. The number of hydrogen-bond donors (Lipinski definition) is 0. The van der Waals surface area contributed by atoms with Gasteiger partial charge in [-0.2, -0.15) is 0 Å². The molecule has 4 heteroatoms. The van der Waals surface area contributed by atoms with Crippen molar-refractivity contribution in [2.45, 2.75) is 6.42 Å². The predicted octanol–water partition coefficient (Wildman–Crippen LogP) is 3.06. The van der Waals surface area contributed by atoms with Gasteiger partial charge in [0.15, 0.2) is 0 Å². The van der Waals surface area contributed by atoms with Crippen LogP contribution in [0.1, 0.15) is 11.3 Å². The van der Waals surface area contributed by atoms with Crippen LogP contribution in [-0.2, 0) is 6.42 Å². The van der Waals surface area contributed by atoms with Crippen LogP contribution in [0.15, 0.2) is 41.1 Å². The molecule has 0 N–H and O–H groups in total. The van der Waals surface area contributed by atoms with Gasteiger partial charge in [-0.1, -0.05) is 22.0 Å². The number of halogens is 1. The minimum atomic E-state index is 0.783. The summed E-state index contributed by atoms with van der Waals surface area (Å²) in [6, 6.07) is 8.29. The fraction of sp³-hybridized carbons (Fsp3) is 0.0769. The Morgan fingerprint density at radius 1 is 1.29 bits per heavy atom. The van der Waals surface area contributed by atoms with Crippen LogP contribution >= 0.6 is 15.9 Å². The summed E-state index contributed by atoms with van der Waals surface area (Å²) in [5.41, 5.74) is 4.87. The number of hydrogen-bond acceptors (Lipinski definition) is 2. The molecule has 1 aliphatic carbocycles. The Bertz CT molecular complexity index is 746. The lowest BCUT2D eigenvalue weighted by molar-refractivity contribution is 1.02. The normalized spacial score (nSPS) is 12.8. The maximum absolute atomic E-state index is 4.60. The molecule has 2 heterocycles. The Balaban J connectivity index is 2.06. The SMILES string of the molecule is Brc1ccc2c(c1)Cc1c-2nc2ncccn12. The molecule has 0 radical (unpaired) electrons. The van der Waals surface area contributed by atoms with Gasteiger partial charge in [0.1, 0.15) is 0 Å². The molecule has 0 bridgehead atoms.